The van der Waals surface area contributed by atoms with Gasteiger partial charge in [-0.1, -0.05) is 36.2 Å². The maximum Gasteiger partial charge on any atom is 0.410 e. The molecule has 5 rings (SSSR count). The molecule has 2 aliphatic rings. The van der Waals surface area contributed by atoms with Gasteiger partial charge in [-0.3, -0.25) is 9.59 Å². The topological polar surface area (TPSA) is 123 Å². The lowest BCUT2D eigenvalue weighted by molar-refractivity contribution is -0.116. The van der Waals surface area contributed by atoms with Crippen LogP contribution in [0.25, 0.3) is 11.4 Å². The summed E-state index contributed by atoms with van der Waals surface area (Å²) in [5.74, 6) is 0.321. The van der Waals surface area contributed by atoms with E-state index in [9.17, 15) is 14.4 Å². The van der Waals surface area contributed by atoms with Crippen LogP contribution in [0.4, 0.5) is 16.2 Å². The van der Waals surface area contributed by atoms with E-state index in [0.29, 0.717) is 85.2 Å². The van der Waals surface area contributed by atoms with Crippen molar-refractivity contribution in [3.05, 3.63) is 56.2 Å². The number of halogens is 2. The van der Waals surface area contributed by atoms with Crippen molar-refractivity contribution in [2.45, 2.75) is 52.7 Å². The molecular weight excluding hydrogens is 597 g/mol. The summed E-state index contributed by atoms with van der Waals surface area (Å²) in [4.78, 5) is 48.4. The minimum absolute atomic E-state index is 0.142. The van der Waals surface area contributed by atoms with Crippen LogP contribution in [-0.2, 0) is 27.2 Å². The molecule has 3 aromatic rings. The second-order valence-corrected chi connectivity index (χ2v) is 12.2. The third kappa shape index (κ3) is 6.81. The fraction of sp³-hybridized carbons (Fsp3) is 0.483. The molecule has 14 heteroatoms. The number of rotatable bonds is 6. The molecule has 1 aromatic carbocycles. The first-order chi connectivity index (χ1) is 20.4. The molecule has 12 nitrogen and oxygen atoms in total. The van der Waals surface area contributed by atoms with E-state index in [0.717, 1.165) is 5.57 Å². The van der Waals surface area contributed by atoms with E-state index in [1.165, 1.54) is 4.52 Å². The maximum atomic E-state index is 14.0. The molecule has 43 heavy (non-hydrogen) atoms. The second kappa shape index (κ2) is 12.6. The largest absolute Gasteiger partial charge is 0.444 e. The fourth-order valence-corrected chi connectivity index (χ4v) is 5.61. The number of benzene rings is 1. The lowest BCUT2D eigenvalue weighted by Crippen LogP contribution is -2.51. The molecule has 0 saturated carbocycles. The van der Waals surface area contributed by atoms with Crippen molar-refractivity contribution in [3.63, 3.8) is 0 Å². The van der Waals surface area contributed by atoms with Crippen molar-refractivity contribution in [3.8, 4) is 0 Å². The third-order valence-electron chi connectivity index (χ3n) is 7.17. The SMILES string of the molecule is CCc1c(N2CCN(C(=O)OC(C)(C)C)CC2)c(=O)n2nc(C3=CCOCC3)nc2n1CC(=O)Nc1ccc(Cl)cc1Cl. The lowest BCUT2D eigenvalue weighted by Gasteiger charge is -2.37. The highest BCUT2D eigenvalue weighted by atomic mass is 35.5. The Bertz CT molecular complexity index is 1630. The Balaban J connectivity index is 1.53. The zero-order chi connectivity index (χ0) is 30.9. The average molecular weight is 633 g/mol. The minimum atomic E-state index is -0.607. The molecule has 4 heterocycles. The minimum Gasteiger partial charge on any atom is -0.444 e. The molecule has 0 bridgehead atoms. The zero-order valence-corrected chi connectivity index (χ0v) is 26.2. The van der Waals surface area contributed by atoms with Crippen LogP contribution in [-0.4, -0.2) is 81.1 Å². The molecule has 0 spiro atoms. The van der Waals surface area contributed by atoms with E-state index < -0.39 is 5.60 Å². The highest BCUT2D eigenvalue weighted by molar-refractivity contribution is 6.36. The summed E-state index contributed by atoms with van der Waals surface area (Å²) in [6, 6.07) is 4.82. The Morgan fingerprint density at radius 2 is 1.88 bits per heavy atom. The van der Waals surface area contributed by atoms with Crippen LogP contribution in [0.1, 0.15) is 45.6 Å². The Morgan fingerprint density at radius 1 is 1.14 bits per heavy atom. The molecule has 230 valence electrons. The summed E-state index contributed by atoms with van der Waals surface area (Å²) >= 11 is 12.3. The van der Waals surface area contributed by atoms with Gasteiger partial charge in [-0.2, -0.15) is 9.50 Å². The highest BCUT2D eigenvalue weighted by Gasteiger charge is 2.30. The molecule has 0 atom stereocenters. The van der Waals surface area contributed by atoms with Crippen LogP contribution >= 0.6 is 23.2 Å². The van der Waals surface area contributed by atoms with Gasteiger partial charge in [0.05, 0.1) is 29.6 Å². The van der Waals surface area contributed by atoms with E-state index in [2.05, 4.69) is 10.4 Å². The predicted molar refractivity (Wildman–Crippen MR) is 165 cm³/mol. The summed E-state index contributed by atoms with van der Waals surface area (Å²) in [6.07, 6.45) is 2.57. The number of carbonyl (C=O) groups excluding carboxylic acids is 2. The van der Waals surface area contributed by atoms with Crippen molar-refractivity contribution in [2.24, 2.45) is 0 Å². The number of hydrogen-bond donors (Lipinski definition) is 1. The first-order valence-electron chi connectivity index (χ1n) is 14.2. The van der Waals surface area contributed by atoms with Gasteiger partial charge in [0.2, 0.25) is 11.7 Å². The van der Waals surface area contributed by atoms with Gasteiger partial charge in [0.25, 0.3) is 5.56 Å². The molecule has 2 aliphatic heterocycles. The highest BCUT2D eigenvalue weighted by Crippen LogP contribution is 2.27. The molecule has 0 aliphatic carbocycles. The van der Waals surface area contributed by atoms with E-state index in [1.54, 1.807) is 27.7 Å². The molecule has 1 saturated heterocycles. The number of nitrogens with zero attached hydrogens (tertiary/aromatic N) is 6. The molecule has 1 fully saturated rings. The van der Waals surface area contributed by atoms with Crippen molar-refractivity contribution >= 4 is 57.9 Å². The van der Waals surface area contributed by atoms with Crippen LogP contribution in [0, 0.1) is 0 Å². The summed E-state index contributed by atoms with van der Waals surface area (Å²) in [5.41, 5.74) is 1.42. The average Bonchev–Trinajstić information content (AvgIpc) is 3.42. The smallest absolute Gasteiger partial charge is 0.410 e. The summed E-state index contributed by atoms with van der Waals surface area (Å²) in [7, 11) is 0. The Labute approximate surface area is 259 Å². The van der Waals surface area contributed by atoms with E-state index in [1.807, 2.05) is 38.7 Å². The number of anilines is 2. The van der Waals surface area contributed by atoms with Crippen molar-refractivity contribution in [1.82, 2.24) is 24.1 Å². The van der Waals surface area contributed by atoms with Gasteiger partial charge in [0, 0.05) is 31.2 Å². The van der Waals surface area contributed by atoms with Gasteiger partial charge < -0.3 is 29.2 Å². The normalized spacial score (nSPS) is 15.9. The number of hydrogen-bond acceptors (Lipinski definition) is 8. The lowest BCUT2D eigenvalue weighted by atomic mass is 10.1. The Kier molecular flexibility index (Phi) is 9.00. The van der Waals surface area contributed by atoms with Crippen molar-refractivity contribution in [1.29, 1.82) is 0 Å². The summed E-state index contributed by atoms with van der Waals surface area (Å²) in [5, 5.41) is 8.19. The zero-order valence-electron chi connectivity index (χ0n) is 24.7. The number of fused-ring (bicyclic) bond motifs is 1. The molecule has 1 N–H and O–H groups in total. The number of piperazine rings is 1. The van der Waals surface area contributed by atoms with E-state index in [-0.39, 0.29) is 29.9 Å². The Morgan fingerprint density at radius 3 is 2.51 bits per heavy atom. The number of aromatic nitrogens is 4. The van der Waals surface area contributed by atoms with Crippen LogP contribution < -0.4 is 15.8 Å². The predicted octanol–water partition coefficient (Wildman–Crippen LogP) is 4.26. The molecular formula is C29H35Cl2N7O5. The second-order valence-electron chi connectivity index (χ2n) is 11.4. The summed E-state index contributed by atoms with van der Waals surface area (Å²) < 4.78 is 14.0. The van der Waals surface area contributed by atoms with Gasteiger partial charge in [-0.15, -0.1) is 5.10 Å². The summed E-state index contributed by atoms with van der Waals surface area (Å²) in [6.45, 7) is 9.79. The molecule has 0 unspecified atom stereocenters. The standard InChI is InChI=1S/C29H35Cl2N7O5/c1-5-22-24(35-10-12-36(13-11-35)28(41)43-29(2,3)4)26(40)38-27(33-25(34-38)18-8-14-42-15-9-18)37(22)17-23(39)32-21-7-6-19(30)16-20(21)31/h6-8,16H,5,9-15,17H2,1-4H3,(H,32,39). The molecule has 0 radical (unpaired) electrons. The van der Waals surface area contributed by atoms with Crippen LogP contribution in [0.3, 0.4) is 0 Å². The number of nitrogens with one attached hydrogen (secondary N) is 1. The molecule has 2 aromatic heterocycles. The number of carbonyl (C=O) groups is 2. The van der Waals surface area contributed by atoms with Crippen molar-refractivity contribution in [2.75, 3.05) is 49.6 Å². The van der Waals surface area contributed by atoms with Gasteiger partial charge >= 0.3 is 6.09 Å². The number of amides is 2. The van der Waals surface area contributed by atoms with Gasteiger partial charge in [-0.25, -0.2) is 4.79 Å². The van der Waals surface area contributed by atoms with Crippen molar-refractivity contribution < 1.29 is 19.1 Å². The van der Waals surface area contributed by atoms with E-state index >= 15 is 0 Å². The molecule has 2 amide bonds. The van der Waals surface area contributed by atoms with E-state index in [4.69, 9.17) is 37.7 Å². The van der Waals surface area contributed by atoms with Gasteiger partial charge in [0.15, 0.2) is 5.82 Å². The first-order valence-corrected chi connectivity index (χ1v) is 15.0. The van der Waals surface area contributed by atoms with Gasteiger partial charge in [-0.05, 0) is 57.4 Å². The van der Waals surface area contributed by atoms with Crippen LogP contribution in [0.5, 0.6) is 0 Å². The Hall–Kier alpha value is -3.61. The quantitative estimate of drug-likeness (QED) is 0.428. The third-order valence-corrected chi connectivity index (χ3v) is 7.71. The van der Waals surface area contributed by atoms with Gasteiger partial charge in [0.1, 0.15) is 17.8 Å². The monoisotopic (exact) mass is 631 g/mol. The maximum absolute atomic E-state index is 14.0. The van der Waals surface area contributed by atoms with Crippen LogP contribution in [0.2, 0.25) is 10.0 Å². The first kappa shape index (κ1) is 30.8. The fourth-order valence-electron chi connectivity index (χ4n) is 5.16. The van der Waals surface area contributed by atoms with Crippen LogP contribution in [0.15, 0.2) is 29.1 Å². The number of ether oxygens (including phenoxy) is 2.